The van der Waals surface area contributed by atoms with Crippen LogP contribution in [0.2, 0.25) is 5.02 Å². The molecule has 3 aromatic carbocycles. The number of amides is 1. The smallest absolute Gasteiger partial charge is 0.242 e. The molecule has 166 valence electrons. The van der Waals surface area contributed by atoms with E-state index in [-0.39, 0.29) is 11.2 Å². The van der Waals surface area contributed by atoms with Gasteiger partial charge in [-0.3, -0.25) is 4.79 Å². The second kappa shape index (κ2) is 10.9. The van der Waals surface area contributed by atoms with E-state index in [9.17, 15) is 4.79 Å². The summed E-state index contributed by atoms with van der Waals surface area (Å²) in [6.07, 6.45) is 4.57. The predicted molar refractivity (Wildman–Crippen MR) is 135 cm³/mol. The molecule has 5 heteroatoms. The molecule has 0 radical (unpaired) electrons. The molecule has 3 aromatic rings. The van der Waals surface area contributed by atoms with E-state index in [0.717, 1.165) is 18.4 Å². The van der Waals surface area contributed by atoms with Gasteiger partial charge in [0.15, 0.2) is 0 Å². The topological polar surface area (TPSA) is 38.3 Å². The normalized spacial score (nSPS) is 19.2. The maximum atomic E-state index is 13.3. The number of halogens is 1. The van der Waals surface area contributed by atoms with Crippen LogP contribution in [0.5, 0.6) is 5.75 Å². The van der Waals surface area contributed by atoms with Crippen molar-refractivity contribution in [3.63, 3.8) is 0 Å². The molecule has 0 bridgehead atoms. The molecule has 0 spiro atoms. The summed E-state index contributed by atoms with van der Waals surface area (Å²) in [4.78, 5) is 13.3. The van der Waals surface area contributed by atoms with Crippen molar-refractivity contribution >= 4 is 35.0 Å². The summed E-state index contributed by atoms with van der Waals surface area (Å²) in [7, 11) is 1.58. The molecule has 0 saturated heterocycles. The zero-order chi connectivity index (χ0) is 22.3. The van der Waals surface area contributed by atoms with Gasteiger partial charge in [0.05, 0.1) is 12.1 Å². The van der Waals surface area contributed by atoms with Gasteiger partial charge in [-0.1, -0.05) is 72.3 Å². The molecule has 0 aromatic heterocycles. The third kappa shape index (κ3) is 5.67. The molecular weight excluding hydrogens is 438 g/mol. The molecular formula is C27H28ClNO2S. The minimum Gasteiger partial charge on any atom is -0.495 e. The van der Waals surface area contributed by atoms with E-state index < -0.39 is 0 Å². The van der Waals surface area contributed by atoms with Crippen LogP contribution in [0.3, 0.4) is 0 Å². The van der Waals surface area contributed by atoms with Crippen LogP contribution in [0.15, 0.2) is 78.9 Å². The Hall–Kier alpha value is -2.43. The molecule has 1 atom stereocenters. The second-order valence-corrected chi connectivity index (χ2v) is 9.97. The average Bonchev–Trinajstić information content (AvgIpc) is 2.84. The van der Waals surface area contributed by atoms with Crippen molar-refractivity contribution in [3.8, 4) is 5.75 Å². The Kier molecular flexibility index (Phi) is 7.77. The zero-order valence-electron chi connectivity index (χ0n) is 18.2. The van der Waals surface area contributed by atoms with Crippen LogP contribution in [0, 0.1) is 0 Å². The number of benzene rings is 3. The number of thioether (sulfide) groups is 1. The quantitative estimate of drug-likeness (QED) is 0.392. The monoisotopic (exact) mass is 465 g/mol. The lowest BCUT2D eigenvalue weighted by Crippen LogP contribution is -2.23. The molecule has 1 saturated carbocycles. The van der Waals surface area contributed by atoms with Crippen molar-refractivity contribution in [1.29, 1.82) is 0 Å². The number of hydrogen-bond acceptors (Lipinski definition) is 3. The molecule has 1 fully saturated rings. The first-order valence-corrected chi connectivity index (χ1v) is 12.4. The van der Waals surface area contributed by atoms with E-state index in [1.807, 2.05) is 36.4 Å². The molecule has 32 heavy (non-hydrogen) atoms. The van der Waals surface area contributed by atoms with Gasteiger partial charge in [-0.25, -0.2) is 0 Å². The van der Waals surface area contributed by atoms with Crippen molar-refractivity contribution < 1.29 is 9.53 Å². The maximum Gasteiger partial charge on any atom is 0.242 e. The highest BCUT2D eigenvalue weighted by atomic mass is 35.5. The zero-order valence-corrected chi connectivity index (χ0v) is 19.7. The fourth-order valence-corrected chi connectivity index (χ4v) is 6.01. The number of carbonyl (C=O) groups is 1. The molecule has 1 N–H and O–H groups in total. The number of ether oxygens (including phenoxy) is 1. The Morgan fingerprint density at radius 2 is 1.62 bits per heavy atom. The molecule has 1 unspecified atom stereocenters. The minimum absolute atomic E-state index is 0.0207. The largest absolute Gasteiger partial charge is 0.495 e. The summed E-state index contributed by atoms with van der Waals surface area (Å²) in [5, 5.41) is 3.73. The fourth-order valence-electron chi connectivity index (χ4n) is 4.32. The fraction of sp³-hybridized carbons (Fsp3) is 0.296. The number of hydrogen-bond donors (Lipinski definition) is 1. The highest BCUT2D eigenvalue weighted by Crippen LogP contribution is 2.43. The van der Waals surface area contributed by atoms with Gasteiger partial charge < -0.3 is 10.1 Å². The van der Waals surface area contributed by atoms with Crippen LogP contribution in [0.25, 0.3) is 0 Å². The van der Waals surface area contributed by atoms with Crippen LogP contribution in [-0.2, 0) is 4.79 Å². The lowest BCUT2D eigenvalue weighted by Gasteiger charge is -2.30. The van der Waals surface area contributed by atoms with E-state index in [1.54, 1.807) is 31.0 Å². The van der Waals surface area contributed by atoms with E-state index in [4.69, 9.17) is 16.3 Å². The molecule has 0 aliphatic heterocycles. The Balaban J connectivity index is 1.44. The van der Waals surface area contributed by atoms with Gasteiger partial charge in [0.25, 0.3) is 0 Å². The molecule has 4 rings (SSSR count). The van der Waals surface area contributed by atoms with Gasteiger partial charge in [0.2, 0.25) is 5.91 Å². The van der Waals surface area contributed by atoms with Gasteiger partial charge in [0.1, 0.15) is 11.0 Å². The molecule has 0 heterocycles. The Labute approximate surface area is 199 Å². The van der Waals surface area contributed by atoms with E-state index >= 15 is 0 Å². The average molecular weight is 466 g/mol. The number of nitrogens with one attached hydrogen (secondary N) is 1. The van der Waals surface area contributed by atoms with Crippen molar-refractivity contribution in [2.75, 3.05) is 12.4 Å². The summed E-state index contributed by atoms with van der Waals surface area (Å²) < 4.78 is 5.21. The molecule has 3 nitrogen and oxygen atoms in total. The third-order valence-electron chi connectivity index (χ3n) is 6.03. The first kappa shape index (κ1) is 22.8. The van der Waals surface area contributed by atoms with E-state index in [2.05, 4.69) is 35.6 Å². The van der Waals surface area contributed by atoms with Crippen LogP contribution in [-0.4, -0.2) is 18.3 Å². The molecule has 1 amide bonds. The van der Waals surface area contributed by atoms with Crippen molar-refractivity contribution in [2.45, 2.75) is 42.1 Å². The number of anilines is 1. The number of methoxy groups -OCH3 is 1. The minimum atomic E-state index is -0.268. The van der Waals surface area contributed by atoms with Crippen LogP contribution >= 0.6 is 23.4 Å². The standard InChI is InChI=1S/C27H28ClNO2S/c1-31-25-17-14-22(18-24(25)28)29-27(30)26(21-10-6-3-7-11-21)32-23-15-12-20(13-16-23)19-8-4-2-5-9-19/h2-11,14,17-18,20,23,26H,12-13,15-16H2,1H3,(H,29,30). The van der Waals surface area contributed by atoms with Gasteiger partial charge in [-0.05, 0) is 60.9 Å². The Bertz CT molecular complexity index is 1020. The Morgan fingerprint density at radius 1 is 0.969 bits per heavy atom. The van der Waals surface area contributed by atoms with Crippen molar-refractivity contribution in [2.24, 2.45) is 0 Å². The van der Waals surface area contributed by atoms with Gasteiger partial charge in [-0.15, -0.1) is 11.8 Å². The van der Waals surface area contributed by atoms with Gasteiger partial charge in [-0.2, -0.15) is 0 Å². The number of rotatable bonds is 7. The SMILES string of the molecule is COc1ccc(NC(=O)C(SC2CCC(c3ccccc3)CC2)c2ccccc2)cc1Cl. The molecule has 1 aliphatic carbocycles. The van der Waals surface area contributed by atoms with Crippen molar-refractivity contribution in [1.82, 2.24) is 0 Å². The lowest BCUT2D eigenvalue weighted by molar-refractivity contribution is -0.115. The lowest BCUT2D eigenvalue weighted by atomic mass is 9.84. The predicted octanol–water partition coefficient (Wildman–Crippen LogP) is 7.49. The van der Waals surface area contributed by atoms with Gasteiger partial charge >= 0.3 is 0 Å². The van der Waals surface area contributed by atoms with Crippen LogP contribution < -0.4 is 10.1 Å². The highest BCUT2D eigenvalue weighted by molar-refractivity contribution is 8.00. The number of carbonyl (C=O) groups excluding carboxylic acids is 1. The first-order chi connectivity index (χ1) is 15.6. The first-order valence-electron chi connectivity index (χ1n) is 11.0. The Morgan fingerprint density at radius 3 is 2.25 bits per heavy atom. The van der Waals surface area contributed by atoms with Crippen LogP contribution in [0.1, 0.15) is 48.0 Å². The van der Waals surface area contributed by atoms with Gasteiger partial charge in [0, 0.05) is 10.9 Å². The summed E-state index contributed by atoms with van der Waals surface area (Å²) >= 11 is 8.03. The van der Waals surface area contributed by atoms with E-state index in [0.29, 0.717) is 27.6 Å². The van der Waals surface area contributed by atoms with Crippen LogP contribution in [0.4, 0.5) is 5.69 Å². The second-order valence-electron chi connectivity index (χ2n) is 8.15. The summed E-state index contributed by atoms with van der Waals surface area (Å²) in [5.74, 6) is 1.19. The molecule has 1 aliphatic rings. The summed E-state index contributed by atoms with van der Waals surface area (Å²) in [5.41, 5.74) is 3.14. The summed E-state index contributed by atoms with van der Waals surface area (Å²) in [6.45, 7) is 0. The maximum absolute atomic E-state index is 13.3. The van der Waals surface area contributed by atoms with E-state index in [1.165, 1.54) is 18.4 Å². The highest BCUT2D eigenvalue weighted by Gasteiger charge is 2.29. The van der Waals surface area contributed by atoms with Crippen molar-refractivity contribution in [3.05, 3.63) is 95.0 Å². The third-order valence-corrected chi connectivity index (χ3v) is 7.94. The summed E-state index contributed by atoms with van der Waals surface area (Å²) in [6, 6.07) is 26.2.